The summed E-state index contributed by atoms with van der Waals surface area (Å²) in [4.78, 5) is 11.6. The van der Waals surface area contributed by atoms with Gasteiger partial charge in [-0.2, -0.15) is 0 Å². The second-order valence-electron chi connectivity index (χ2n) is 4.21. The third-order valence-electron chi connectivity index (χ3n) is 2.92. The third-order valence-corrected chi connectivity index (χ3v) is 2.92. The largest absolute Gasteiger partial charge is 0.458 e. The summed E-state index contributed by atoms with van der Waals surface area (Å²) in [7, 11) is 0. The number of rotatable bonds is 4. The van der Waals surface area contributed by atoms with Crippen LogP contribution in [-0.4, -0.2) is 12.6 Å². The van der Waals surface area contributed by atoms with E-state index in [9.17, 15) is 4.79 Å². The van der Waals surface area contributed by atoms with Gasteiger partial charge < -0.3 is 4.74 Å². The first-order valence-corrected chi connectivity index (χ1v) is 5.78. The Hall–Kier alpha value is -1.31. The van der Waals surface area contributed by atoms with E-state index in [0.29, 0.717) is 12.5 Å². The van der Waals surface area contributed by atoms with Crippen LogP contribution in [-0.2, 0) is 9.53 Å². The molecule has 0 heterocycles. The van der Waals surface area contributed by atoms with E-state index in [1.165, 1.54) is 5.57 Å². The molecular weight excluding hydrogens is 200 g/mol. The van der Waals surface area contributed by atoms with Gasteiger partial charge in [-0.1, -0.05) is 30.4 Å². The highest BCUT2D eigenvalue weighted by Crippen LogP contribution is 2.28. The first-order chi connectivity index (χ1) is 7.65. The van der Waals surface area contributed by atoms with Crippen LogP contribution in [0.1, 0.15) is 33.1 Å². The minimum atomic E-state index is -0.168. The Labute approximate surface area is 97.7 Å². The fraction of sp³-hybridized carbons (Fsp3) is 0.500. The Morgan fingerprint density at radius 2 is 2.44 bits per heavy atom. The molecule has 2 nitrogen and oxygen atoms in total. The molecule has 0 saturated carbocycles. The van der Waals surface area contributed by atoms with E-state index in [4.69, 9.17) is 4.74 Å². The molecule has 16 heavy (non-hydrogen) atoms. The molecule has 0 aliphatic heterocycles. The maximum absolute atomic E-state index is 11.6. The molecule has 0 aromatic carbocycles. The zero-order valence-electron chi connectivity index (χ0n) is 10.2. The zero-order valence-corrected chi connectivity index (χ0v) is 10.2. The first kappa shape index (κ1) is 12.8. The SMILES string of the molecule is C=C(C)[C@@H]1CC=C(C(=O)OCC=CC)CC1. The van der Waals surface area contributed by atoms with Gasteiger partial charge in [-0.05, 0) is 39.0 Å². The minimum absolute atomic E-state index is 0.168. The maximum Gasteiger partial charge on any atom is 0.333 e. The fourth-order valence-corrected chi connectivity index (χ4v) is 1.78. The molecule has 1 aliphatic rings. The zero-order chi connectivity index (χ0) is 12.0. The quantitative estimate of drug-likeness (QED) is 0.536. The molecule has 0 aromatic heterocycles. The Balaban J connectivity index is 2.44. The average molecular weight is 220 g/mol. The van der Waals surface area contributed by atoms with Crippen molar-refractivity contribution in [3.63, 3.8) is 0 Å². The summed E-state index contributed by atoms with van der Waals surface area (Å²) in [5.41, 5.74) is 2.03. The Kier molecular flexibility index (Phi) is 5.03. The number of esters is 1. The van der Waals surface area contributed by atoms with Crippen molar-refractivity contribution in [3.8, 4) is 0 Å². The summed E-state index contributed by atoms with van der Waals surface area (Å²) in [6.07, 6.45) is 8.45. The monoisotopic (exact) mass is 220 g/mol. The van der Waals surface area contributed by atoms with Crippen LogP contribution in [0, 0.1) is 5.92 Å². The van der Waals surface area contributed by atoms with Gasteiger partial charge in [0.2, 0.25) is 0 Å². The third kappa shape index (κ3) is 3.69. The lowest BCUT2D eigenvalue weighted by Crippen LogP contribution is -2.14. The van der Waals surface area contributed by atoms with Gasteiger partial charge in [0.05, 0.1) is 0 Å². The van der Waals surface area contributed by atoms with Crippen LogP contribution < -0.4 is 0 Å². The van der Waals surface area contributed by atoms with Gasteiger partial charge in [0.25, 0.3) is 0 Å². The second-order valence-corrected chi connectivity index (χ2v) is 4.21. The molecule has 1 rings (SSSR count). The van der Waals surface area contributed by atoms with Gasteiger partial charge in [0.1, 0.15) is 6.61 Å². The highest BCUT2D eigenvalue weighted by Gasteiger charge is 2.19. The number of ether oxygens (including phenoxy) is 1. The molecule has 0 unspecified atom stereocenters. The number of hydrogen-bond acceptors (Lipinski definition) is 2. The number of allylic oxidation sites excluding steroid dienone is 3. The summed E-state index contributed by atoms with van der Waals surface area (Å²) < 4.78 is 5.10. The van der Waals surface area contributed by atoms with Gasteiger partial charge in [-0.3, -0.25) is 0 Å². The minimum Gasteiger partial charge on any atom is -0.458 e. The molecule has 1 aliphatic carbocycles. The van der Waals surface area contributed by atoms with E-state index in [-0.39, 0.29) is 5.97 Å². The van der Waals surface area contributed by atoms with E-state index >= 15 is 0 Å². The van der Waals surface area contributed by atoms with Crippen LogP contribution in [0.15, 0.2) is 36.0 Å². The lowest BCUT2D eigenvalue weighted by Gasteiger charge is -2.21. The van der Waals surface area contributed by atoms with Crippen molar-refractivity contribution in [1.29, 1.82) is 0 Å². The highest BCUT2D eigenvalue weighted by molar-refractivity contribution is 5.88. The van der Waals surface area contributed by atoms with Crippen LogP contribution in [0.4, 0.5) is 0 Å². The summed E-state index contributed by atoms with van der Waals surface area (Å²) in [6, 6.07) is 0. The lowest BCUT2D eigenvalue weighted by molar-refractivity contribution is -0.138. The predicted octanol–water partition coefficient (Wildman–Crippen LogP) is 3.41. The molecule has 88 valence electrons. The van der Waals surface area contributed by atoms with Gasteiger partial charge in [-0.25, -0.2) is 4.79 Å². The molecule has 0 bridgehead atoms. The van der Waals surface area contributed by atoms with Crippen LogP contribution in [0.2, 0.25) is 0 Å². The number of hydrogen-bond donors (Lipinski definition) is 0. The van der Waals surface area contributed by atoms with Crippen molar-refractivity contribution in [2.24, 2.45) is 5.92 Å². The Bertz CT molecular complexity index is 324. The molecule has 0 aromatic rings. The van der Waals surface area contributed by atoms with Gasteiger partial charge >= 0.3 is 5.97 Å². The molecule has 0 saturated heterocycles. The van der Waals surface area contributed by atoms with Crippen molar-refractivity contribution >= 4 is 5.97 Å². The van der Waals surface area contributed by atoms with Crippen molar-refractivity contribution in [2.45, 2.75) is 33.1 Å². The number of carbonyl (C=O) groups is 1. The summed E-state index contributed by atoms with van der Waals surface area (Å²) in [5, 5.41) is 0. The predicted molar refractivity (Wildman–Crippen MR) is 66.0 cm³/mol. The van der Waals surface area contributed by atoms with E-state index in [1.807, 2.05) is 32.1 Å². The molecular formula is C14H20O2. The fourth-order valence-electron chi connectivity index (χ4n) is 1.78. The molecule has 0 amide bonds. The average Bonchev–Trinajstić information content (AvgIpc) is 2.29. The van der Waals surface area contributed by atoms with E-state index in [0.717, 1.165) is 24.8 Å². The van der Waals surface area contributed by atoms with Gasteiger partial charge in [-0.15, -0.1) is 0 Å². The van der Waals surface area contributed by atoms with Crippen LogP contribution in [0.3, 0.4) is 0 Å². The standard InChI is InChI=1S/C14H20O2/c1-4-5-10-16-14(15)13-8-6-12(7-9-13)11(2)3/h4-5,8,12H,2,6-7,9-10H2,1,3H3/t12-/m1/s1. The van der Waals surface area contributed by atoms with Gasteiger partial charge in [0.15, 0.2) is 0 Å². The highest BCUT2D eigenvalue weighted by atomic mass is 16.5. The molecule has 2 heteroatoms. The van der Waals surface area contributed by atoms with E-state index < -0.39 is 0 Å². The molecule has 1 atom stereocenters. The van der Waals surface area contributed by atoms with E-state index in [1.54, 1.807) is 0 Å². The van der Waals surface area contributed by atoms with Crippen LogP contribution in [0.5, 0.6) is 0 Å². The Morgan fingerprint density at radius 1 is 1.69 bits per heavy atom. The van der Waals surface area contributed by atoms with Crippen LogP contribution in [0.25, 0.3) is 0 Å². The molecule has 0 radical (unpaired) electrons. The topological polar surface area (TPSA) is 26.3 Å². The molecule has 0 spiro atoms. The normalized spacial score (nSPS) is 20.6. The van der Waals surface area contributed by atoms with Crippen LogP contribution >= 0.6 is 0 Å². The summed E-state index contributed by atoms with van der Waals surface area (Å²) in [5.74, 6) is 0.366. The Morgan fingerprint density at radius 3 is 2.94 bits per heavy atom. The second kappa shape index (κ2) is 6.31. The molecule has 0 N–H and O–H groups in total. The first-order valence-electron chi connectivity index (χ1n) is 5.78. The summed E-state index contributed by atoms with van der Waals surface area (Å²) in [6.45, 7) is 8.28. The van der Waals surface area contributed by atoms with Gasteiger partial charge in [0, 0.05) is 5.57 Å². The van der Waals surface area contributed by atoms with E-state index in [2.05, 4.69) is 6.58 Å². The lowest BCUT2D eigenvalue weighted by atomic mass is 9.85. The summed E-state index contributed by atoms with van der Waals surface area (Å²) >= 11 is 0. The smallest absolute Gasteiger partial charge is 0.333 e. The van der Waals surface area contributed by atoms with Crippen molar-refractivity contribution in [1.82, 2.24) is 0 Å². The molecule has 0 fully saturated rings. The van der Waals surface area contributed by atoms with Crippen molar-refractivity contribution in [2.75, 3.05) is 6.61 Å². The van der Waals surface area contributed by atoms with Crippen molar-refractivity contribution < 1.29 is 9.53 Å². The maximum atomic E-state index is 11.6. The van der Waals surface area contributed by atoms with Crippen molar-refractivity contribution in [3.05, 3.63) is 36.0 Å². The number of carbonyl (C=O) groups excluding carboxylic acids is 1.